The van der Waals surface area contributed by atoms with Gasteiger partial charge in [0.25, 0.3) is 5.91 Å². The fraction of sp³-hybridized carbons (Fsp3) is 0.133. The molecule has 1 heterocycles. The molecule has 0 unspecified atom stereocenters. The number of carbonyl (C=O) groups excluding carboxylic acids is 1. The van der Waals surface area contributed by atoms with Crippen LogP contribution in [0.3, 0.4) is 0 Å². The van der Waals surface area contributed by atoms with E-state index in [1.54, 1.807) is 44.7 Å². The van der Waals surface area contributed by atoms with Crippen molar-refractivity contribution in [3.8, 4) is 11.5 Å². The highest BCUT2D eigenvalue weighted by Gasteiger charge is 2.08. The molecule has 22 heavy (non-hydrogen) atoms. The Labute approximate surface area is 136 Å². The highest BCUT2D eigenvalue weighted by molar-refractivity contribution is 9.10. The van der Waals surface area contributed by atoms with E-state index in [-0.39, 0.29) is 5.91 Å². The van der Waals surface area contributed by atoms with E-state index in [9.17, 15) is 4.79 Å². The molecule has 1 aromatic carbocycles. The zero-order valence-electron chi connectivity index (χ0n) is 12.0. The number of halogens is 1. The quantitative estimate of drug-likeness (QED) is 0.654. The molecule has 0 saturated heterocycles. The van der Waals surface area contributed by atoms with Crippen LogP contribution in [0.15, 0.2) is 46.2 Å². The lowest BCUT2D eigenvalue weighted by atomic mass is 10.2. The molecule has 2 aromatic rings. The molecule has 7 heteroatoms. The van der Waals surface area contributed by atoms with Crippen LogP contribution in [0.4, 0.5) is 0 Å². The van der Waals surface area contributed by atoms with Gasteiger partial charge < -0.3 is 9.47 Å². The molecule has 0 saturated carbocycles. The molecule has 114 valence electrons. The first-order chi connectivity index (χ1) is 10.7. The van der Waals surface area contributed by atoms with Crippen molar-refractivity contribution in [2.45, 2.75) is 0 Å². The van der Waals surface area contributed by atoms with Gasteiger partial charge in [0.15, 0.2) is 0 Å². The zero-order valence-corrected chi connectivity index (χ0v) is 13.6. The second kappa shape index (κ2) is 7.56. The second-order valence-corrected chi connectivity index (χ2v) is 5.02. The van der Waals surface area contributed by atoms with Gasteiger partial charge >= 0.3 is 0 Å². The summed E-state index contributed by atoms with van der Waals surface area (Å²) in [6.45, 7) is 0. The third-order valence-electron chi connectivity index (χ3n) is 2.80. The molecule has 0 atom stereocenters. The van der Waals surface area contributed by atoms with Gasteiger partial charge in [-0.05, 0) is 34.1 Å². The number of ether oxygens (including phenoxy) is 2. The normalized spacial score (nSPS) is 10.5. The summed E-state index contributed by atoms with van der Waals surface area (Å²) in [5.74, 6) is 0.892. The lowest BCUT2D eigenvalue weighted by Crippen LogP contribution is -2.17. The van der Waals surface area contributed by atoms with E-state index >= 15 is 0 Å². The van der Waals surface area contributed by atoms with Crippen LogP contribution in [0.5, 0.6) is 11.5 Å². The van der Waals surface area contributed by atoms with E-state index in [0.29, 0.717) is 22.6 Å². The molecule has 6 nitrogen and oxygen atoms in total. The number of rotatable bonds is 5. The monoisotopic (exact) mass is 363 g/mol. The molecule has 1 amide bonds. The number of nitrogens with zero attached hydrogens (tertiary/aromatic N) is 2. The highest BCUT2D eigenvalue weighted by Crippen LogP contribution is 2.31. The Kier molecular flexibility index (Phi) is 5.48. The minimum atomic E-state index is -0.337. The Hall–Kier alpha value is -2.41. The van der Waals surface area contributed by atoms with Crippen molar-refractivity contribution < 1.29 is 14.3 Å². The van der Waals surface area contributed by atoms with Crippen LogP contribution >= 0.6 is 15.9 Å². The second-order valence-electron chi connectivity index (χ2n) is 4.17. The first-order valence-electron chi connectivity index (χ1n) is 6.30. The molecule has 0 aliphatic heterocycles. The maximum absolute atomic E-state index is 11.8. The van der Waals surface area contributed by atoms with Crippen molar-refractivity contribution in [1.29, 1.82) is 0 Å². The van der Waals surface area contributed by atoms with Crippen molar-refractivity contribution in [1.82, 2.24) is 10.4 Å². The molecule has 0 spiro atoms. The number of methoxy groups -OCH3 is 2. The van der Waals surface area contributed by atoms with E-state index in [4.69, 9.17) is 9.47 Å². The lowest BCUT2D eigenvalue weighted by Gasteiger charge is -2.09. The molecule has 0 bridgehead atoms. The van der Waals surface area contributed by atoms with Gasteiger partial charge in [-0.2, -0.15) is 5.10 Å². The van der Waals surface area contributed by atoms with Crippen LogP contribution in [-0.4, -0.2) is 31.3 Å². The topological polar surface area (TPSA) is 72.8 Å². The van der Waals surface area contributed by atoms with Gasteiger partial charge in [-0.15, -0.1) is 0 Å². The van der Waals surface area contributed by atoms with Crippen LogP contribution in [0.25, 0.3) is 0 Å². The molecule has 0 aliphatic carbocycles. The average Bonchev–Trinajstić information content (AvgIpc) is 2.55. The maximum atomic E-state index is 11.8. The van der Waals surface area contributed by atoms with Gasteiger partial charge in [0.05, 0.1) is 30.5 Å². The molecule has 0 radical (unpaired) electrons. The van der Waals surface area contributed by atoms with Gasteiger partial charge in [0.2, 0.25) is 0 Å². The van der Waals surface area contributed by atoms with Gasteiger partial charge in [-0.3, -0.25) is 9.78 Å². The van der Waals surface area contributed by atoms with Crippen LogP contribution in [-0.2, 0) is 0 Å². The lowest BCUT2D eigenvalue weighted by molar-refractivity contribution is 0.0955. The summed E-state index contributed by atoms with van der Waals surface area (Å²) in [6, 6.07) is 6.86. The van der Waals surface area contributed by atoms with Gasteiger partial charge in [0, 0.05) is 24.0 Å². The standard InChI is InChI=1S/C15H14BrN3O3/c1-21-13-7-14(22-2)12(16)6-11(13)9-18-19-15(20)10-4-3-5-17-8-10/h3-9H,1-2H3,(H,19,20)/b18-9+. The Morgan fingerprint density at radius 1 is 1.32 bits per heavy atom. The summed E-state index contributed by atoms with van der Waals surface area (Å²) in [6.07, 6.45) is 4.56. The number of carbonyl (C=O) groups is 1. The minimum Gasteiger partial charge on any atom is -0.496 e. The fourth-order valence-electron chi connectivity index (χ4n) is 1.71. The fourth-order valence-corrected chi connectivity index (χ4v) is 2.23. The molecule has 2 rings (SSSR count). The first kappa shape index (κ1) is 16.0. The molecule has 0 aliphatic rings. The molecule has 1 aromatic heterocycles. The number of aromatic nitrogens is 1. The molecule has 1 N–H and O–H groups in total. The Bertz CT molecular complexity index is 690. The van der Waals surface area contributed by atoms with Crippen LogP contribution in [0.1, 0.15) is 15.9 Å². The summed E-state index contributed by atoms with van der Waals surface area (Å²) in [5, 5.41) is 3.93. The summed E-state index contributed by atoms with van der Waals surface area (Å²) < 4.78 is 11.2. The summed E-state index contributed by atoms with van der Waals surface area (Å²) in [7, 11) is 3.12. The number of benzene rings is 1. The van der Waals surface area contributed by atoms with Crippen molar-refractivity contribution in [2.24, 2.45) is 5.10 Å². The van der Waals surface area contributed by atoms with E-state index in [0.717, 1.165) is 4.47 Å². The first-order valence-corrected chi connectivity index (χ1v) is 7.10. The minimum absolute atomic E-state index is 0.337. The highest BCUT2D eigenvalue weighted by atomic mass is 79.9. The number of nitrogens with one attached hydrogen (secondary N) is 1. The third kappa shape index (κ3) is 3.82. The van der Waals surface area contributed by atoms with Crippen molar-refractivity contribution in [2.75, 3.05) is 14.2 Å². The number of hydrazone groups is 1. The Balaban J connectivity index is 2.13. The molecule has 0 fully saturated rings. The maximum Gasteiger partial charge on any atom is 0.272 e. The Morgan fingerprint density at radius 2 is 2.09 bits per heavy atom. The summed E-state index contributed by atoms with van der Waals surface area (Å²) in [4.78, 5) is 15.7. The largest absolute Gasteiger partial charge is 0.496 e. The van der Waals surface area contributed by atoms with Crippen LogP contribution in [0, 0.1) is 0 Å². The Morgan fingerprint density at radius 3 is 2.73 bits per heavy atom. The van der Waals surface area contributed by atoms with E-state index in [1.165, 1.54) is 12.4 Å². The SMILES string of the molecule is COc1cc(OC)c(/C=N/NC(=O)c2cccnc2)cc1Br. The zero-order chi connectivity index (χ0) is 15.9. The van der Waals surface area contributed by atoms with Crippen molar-refractivity contribution >= 4 is 28.1 Å². The van der Waals surface area contributed by atoms with E-state index < -0.39 is 0 Å². The van der Waals surface area contributed by atoms with Crippen LogP contribution < -0.4 is 14.9 Å². The van der Waals surface area contributed by atoms with E-state index in [2.05, 4.69) is 31.4 Å². The van der Waals surface area contributed by atoms with Crippen LogP contribution in [0.2, 0.25) is 0 Å². The smallest absolute Gasteiger partial charge is 0.272 e. The predicted molar refractivity (Wildman–Crippen MR) is 86.5 cm³/mol. The average molecular weight is 364 g/mol. The van der Waals surface area contributed by atoms with E-state index in [1.807, 2.05) is 0 Å². The van der Waals surface area contributed by atoms with Gasteiger partial charge in [-0.1, -0.05) is 0 Å². The number of amides is 1. The van der Waals surface area contributed by atoms with Crippen molar-refractivity contribution in [3.63, 3.8) is 0 Å². The molecular formula is C15H14BrN3O3. The predicted octanol–water partition coefficient (Wildman–Crippen LogP) is 2.63. The number of hydrogen-bond donors (Lipinski definition) is 1. The van der Waals surface area contributed by atoms with Gasteiger partial charge in [-0.25, -0.2) is 5.43 Å². The molecular weight excluding hydrogens is 350 g/mol. The summed E-state index contributed by atoms with van der Waals surface area (Å²) >= 11 is 3.39. The summed E-state index contributed by atoms with van der Waals surface area (Å²) in [5.41, 5.74) is 3.56. The number of pyridine rings is 1. The van der Waals surface area contributed by atoms with Gasteiger partial charge in [0.1, 0.15) is 11.5 Å². The number of hydrogen-bond acceptors (Lipinski definition) is 5. The third-order valence-corrected chi connectivity index (χ3v) is 3.42. The van der Waals surface area contributed by atoms with Crippen molar-refractivity contribution in [3.05, 3.63) is 52.3 Å².